The standard InChI is InChI=1S/C19H19FN2O4S/c20-17-5-2-1-4-16(17)18(23)10-11-19(24)21-14-6-8-15(9-7-14)22-12-3-13-27(22,25)26/h1-2,4-9H,3,10-13H2,(H,21,24). The van der Waals surface area contributed by atoms with Crippen molar-refractivity contribution in [3.05, 3.63) is 59.9 Å². The number of Topliss-reactive ketones (excluding diaryl/α,β-unsaturated/α-hetero) is 1. The maximum atomic E-state index is 13.6. The number of ketones is 1. The number of benzene rings is 2. The summed E-state index contributed by atoms with van der Waals surface area (Å²) < 4.78 is 38.7. The Morgan fingerprint density at radius 1 is 1.04 bits per heavy atom. The summed E-state index contributed by atoms with van der Waals surface area (Å²) >= 11 is 0. The summed E-state index contributed by atoms with van der Waals surface area (Å²) in [4.78, 5) is 24.0. The third-order valence-electron chi connectivity index (χ3n) is 4.29. The highest BCUT2D eigenvalue weighted by molar-refractivity contribution is 7.93. The van der Waals surface area contributed by atoms with Crippen LogP contribution in [0.1, 0.15) is 29.6 Å². The van der Waals surface area contributed by atoms with E-state index in [4.69, 9.17) is 0 Å². The van der Waals surface area contributed by atoms with Crippen LogP contribution < -0.4 is 9.62 Å². The lowest BCUT2D eigenvalue weighted by atomic mass is 10.1. The lowest BCUT2D eigenvalue weighted by molar-refractivity contribution is -0.116. The van der Waals surface area contributed by atoms with Gasteiger partial charge in [-0.25, -0.2) is 12.8 Å². The van der Waals surface area contributed by atoms with Gasteiger partial charge in [0.05, 0.1) is 17.0 Å². The van der Waals surface area contributed by atoms with Crippen LogP contribution in [0.2, 0.25) is 0 Å². The molecule has 142 valence electrons. The first kappa shape index (κ1) is 19.0. The van der Waals surface area contributed by atoms with Crippen LogP contribution in [-0.2, 0) is 14.8 Å². The molecule has 1 saturated heterocycles. The molecule has 1 aliphatic rings. The molecule has 0 unspecified atom stereocenters. The highest BCUT2D eigenvalue weighted by atomic mass is 32.2. The van der Waals surface area contributed by atoms with Crippen LogP contribution in [0.15, 0.2) is 48.5 Å². The molecule has 1 aliphatic heterocycles. The van der Waals surface area contributed by atoms with Gasteiger partial charge in [-0.2, -0.15) is 0 Å². The average Bonchev–Trinajstić information content (AvgIpc) is 3.00. The van der Waals surface area contributed by atoms with Crippen LogP contribution in [0.3, 0.4) is 0 Å². The first-order valence-corrected chi connectivity index (χ1v) is 10.2. The fourth-order valence-corrected chi connectivity index (χ4v) is 4.48. The van der Waals surface area contributed by atoms with E-state index < -0.39 is 21.6 Å². The normalized spacial score (nSPS) is 15.5. The zero-order valence-corrected chi connectivity index (χ0v) is 15.3. The summed E-state index contributed by atoms with van der Waals surface area (Å²) in [5, 5.41) is 2.65. The molecule has 0 spiro atoms. The highest BCUT2D eigenvalue weighted by Gasteiger charge is 2.28. The summed E-state index contributed by atoms with van der Waals surface area (Å²) in [5.41, 5.74) is 1.03. The minimum atomic E-state index is -3.25. The van der Waals surface area contributed by atoms with Crippen molar-refractivity contribution in [2.45, 2.75) is 19.3 Å². The molecule has 0 saturated carbocycles. The highest BCUT2D eigenvalue weighted by Crippen LogP contribution is 2.25. The molecule has 1 fully saturated rings. The van der Waals surface area contributed by atoms with Crippen molar-refractivity contribution in [1.29, 1.82) is 0 Å². The zero-order valence-electron chi connectivity index (χ0n) is 14.5. The molecule has 27 heavy (non-hydrogen) atoms. The lowest BCUT2D eigenvalue weighted by Crippen LogP contribution is -2.25. The molecule has 1 amide bonds. The monoisotopic (exact) mass is 390 g/mol. The molecule has 2 aromatic carbocycles. The maximum Gasteiger partial charge on any atom is 0.235 e. The van der Waals surface area contributed by atoms with Gasteiger partial charge in [-0.05, 0) is 42.8 Å². The van der Waals surface area contributed by atoms with Crippen LogP contribution in [0, 0.1) is 5.82 Å². The number of rotatable bonds is 6. The van der Waals surface area contributed by atoms with Crippen molar-refractivity contribution >= 4 is 33.1 Å². The molecule has 0 atom stereocenters. The number of amides is 1. The van der Waals surface area contributed by atoms with E-state index in [1.807, 2.05) is 0 Å². The van der Waals surface area contributed by atoms with Crippen molar-refractivity contribution in [1.82, 2.24) is 0 Å². The van der Waals surface area contributed by atoms with Gasteiger partial charge in [-0.15, -0.1) is 0 Å². The van der Waals surface area contributed by atoms with Gasteiger partial charge in [0, 0.05) is 25.1 Å². The van der Waals surface area contributed by atoms with Gasteiger partial charge < -0.3 is 5.32 Å². The molecule has 0 aliphatic carbocycles. The largest absolute Gasteiger partial charge is 0.326 e. The number of nitrogens with zero attached hydrogens (tertiary/aromatic N) is 1. The second-order valence-corrected chi connectivity index (χ2v) is 8.25. The number of carbonyl (C=O) groups is 2. The van der Waals surface area contributed by atoms with Crippen LogP contribution in [0.25, 0.3) is 0 Å². The smallest absolute Gasteiger partial charge is 0.235 e. The predicted molar refractivity (Wildman–Crippen MR) is 101 cm³/mol. The number of carbonyl (C=O) groups excluding carboxylic acids is 2. The summed E-state index contributed by atoms with van der Waals surface area (Å²) in [6.07, 6.45) is 0.420. The third kappa shape index (κ3) is 4.51. The van der Waals surface area contributed by atoms with Crippen molar-refractivity contribution in [2.24, 2.45) is 0 Å². The maximum absolute atomic E-state index is 13.6. The Labute approximate surface area is 157 Å². The van der Waals surface area contributed by atoms with E-state index in [1.165, 1.54) is 22.5 Å². The Bertz CT molecular complexity index is 958. The Morgan fingerprint density at radius 2 is 1.74 bits per heavy atom. The number of anilines is 2. The predicted octanol–water partition coefficient (Wildman–Crippen LogP) is 2.97. The molecule has 1 N–H and O–H groups in total. The minimum absolute atomic E-state index is 0.0264. The fourth-order valence-electron chi connectivity index (χ4n) is 2.91. The van der Waals surface area contributed by atoms with Gasteiger partial charge in [-0.1, -0.05) is 12.1 Å². The van der Waals surface area contributed by atoms with E-state index in [-0.39, 0.29) is 30.1 Å². The minimum Gasteiger partial charge on any atom is -0.326 e. The molecular formula is C19H19FN2O4S. The Morgan fingerprint density at radius 3 is 2.37 bits per heavy atom. The molecule has 0 aromatic heterocycles. The summed E-state index contributed by atoms with van der Waals surface area (Å²) in [6, 6.07) is 12.1. The van der Waals surface area contributed by atoms with Crippen LogP contribution in [0.5, 0.6) is 0 Å². The summed E-state index contributed by atoms with van der Waals surface area (Å²) in [5.74, 6) is -1.27. The van der Waals surface area contributed by atoms with Crippen LogP contribution in [-0.4, -0.2) is 32.4 Å². The summed E-state index contributed by atoms with van der Waals surface area (Å²) in [6.45, 7) is 0.451. The van der Waals surface area contributed by atoms with Crippen molar-refractivity contribution < 1.29 is 22.4 Å². The van der Waals surface area contributed by atoms with Crippen molar-refractivity contribution in [3.8, 4) is 0 Å². The third-order valence-corrected chi connectivity index (χ3v) is 6.16. The molecule has 8 heteroatoms. The number of sulfonamides is 1. The van der Waals surface area contributed by atoms with Gasteiger partial charge in [0.15, 0.2) is 5.78 Å². The molecule has 2 aromatic rings. The number of nitrogens with one attached hydrogen (secondary N) is 1. The quantitative estimate of drug-likeness (QED) is 0.769. The van der Waals surface area contributed by atoms with E-state index in [1.54, 1.807) is 30.3 Å². The molecule has 6 nitrogen and oxygen atoms in total. The van der Waals surface area contributed by atoms with Gasteiger partial charge in [0.25, 0.3) is 0 Å². The average molecular weight is 390 g/mol. The van der Waals surface area contributed by atoms with Crippen LogP contribution in [0.4, 0.5) is 15.8 Å². The van der Waals surface area contributed by atoms with E-state index in [0.717, 1.165) is 0 Å². The molecule has 0 bridgehead atoms. The lowest BCUT2D eigenvalue weighted by Gasteiger charge is -2.17. The van der Waals surface area contributed by atoms with E-state index in [2.05, 4.69) is 5.32 Å². The summed E-state index contributed by atoms with van der Waals surface area (Å²) in [7, 11) is -3.25. The van der Waals surface area contributed by atoms with E-state index in [9.17, 15) is 22.4 Å². The van der Waals surface area contributed by atoms with Gasteiger partial charge in [0.2, 0.25) is 15.9 Å². The molecule has 1 heterocycles. The van der Waals surface area contributed by atoms with Crippen LogP contribution >= 0.6 is 0 Å². The second-order valence-electron chi connectivity index (χ2n) is 6.24. The molecular weight excluding hydrogens is 371 g/mol. The van der Waals surface area contributed by atoms with E-state index >= 15 is 0 Å². The SMILES string of the molecule is O=C(CCC(=O)c1ccccc1F)Nc1ccc(N2CCCS2(=O)=O)cc1. The molecule has 3 rings (SSSR count). The zero-order chi connectivity index (χ0) is 19.4. The Balaban J connectivity index is 1.55. The fraction of sp³-hybridized carbons (Fsp3) is 0.263. The van der Waals surface area contributed by atoms with E-state index in [0.29, 0.717) is 24.3 Å². The second kappa shape index (κ2) is 7.87. The Hall–Kier alpha value is -2.74. The Kier molecular flexibility index (Phi) is 5.55. The van der Waals surface area contributed by atoms with Gasteiger partial charge in [-0.3, -0.25) is 13.9 Å². The number of hydrogen-bond donors (Lipinski definition) is 1. The van der Waals surface area contributed by atoms with Gasteiger partial charge >= 0.3 is 0 Å². The number of hydrogen-bond acceptors (Lipinski definition) is 4. The first-order chi connectivity index (χ1) is 12.9. The number of halogens is 1. The first-order valence-electron chi connectivity index (χ1n) is 8.55. The van der Waals surface area contributed by atoms with Gasteiger partial charge in [0.1, 0.15) is 5.82 Å². The van der Waals surface area contributed by atoms with Crippen molar-refractivity contribution in [2.75, 3.05) is 21.9 Å². The molecule has 0 radical (unpaired) electrons. The van der Waals surface area contributed by atoms with Crippen molar-refractivity contribution in [3.63, 3.8) is 0 Å². The topological polar surface area (TPSA) is 83.6 Å².